The smallest absolute Gasteiger partial charge is 0.239 e. The van der Waals surface area contributed by atoms with Crippen molar-refractivity contribution in [2.75, 3.05) is 13.1 Å². The third-order valence-electron chi connectivity index (χ3n) is 5.36. The molecule has 1 saturated heterocycles. The van der Waals surface area contributed by atoms with Crippen LogP contribution in [0.5, 0.6) is 0 Å². The van der Waals surface area contributed by atoms with E-state index in [9.17, 15) is 9.59 Å². The van der Waals surface area contributed by atoms with Crippen LogP contribution >= 0.6 is 0 Å². The highest BCUT2D eigenvalue weighted by atomic mass is 16.2. The maximum Gasteiger partial charge on any atom is 0.239 e. The number of piperidine rings is 1. The van der Waals surface area contributed by atoms with Gasteiger partial charge in [-0.15, -0.1) is 0 Å². The highest BCUT2D eigenvalue weighted by Crippen LogP contribution is 2.22. The van der Waals surface area contributed by atoms with Gasteiger partial charge in [-0.1, -0.05) is 18.2 Å². The molecule has 4 N–H and O–H groups in total. The van der Waals surface area contributed by atoms with Crippen molar-refractivity contribution in [3.05, 3.63) is 36.0 Å². The van der Waals surface area contributed by atoms with Gasteiger partial charge in [-0.05, 0) is 44.2 Å². The van der Waals surface area contributed by atoms with E-state index in [1.54, 1.807) is 6.92 Å². The summed E-state index contributed by atoms with van der Waals surface area (Å²) in [6, 6.07) is 7.66. The first-order valence-electron chi connectivity index (χ1n) is 9.34. The van der Waals surface area contributed by atoms with Crippen molar-refractivity contribution >= 4 is 22.7 Å². The van der Waals surface area contributed by atoms with Gasteiger partial charge in [-0.2, -0.15) is 0 Å². The number of likely N-dealkylation sites (tertiary alicyclic amines) is 1. The number of para-hydroxylation sites is 1. The predicted octanol–water partition coefficient (Wildman–Crippen LogP) is 1.80. The van der Waals surface area contributed by atoms with Gasteiger partial charge >= 0.3 is 0 Å². The van der Waals surface area contributed by atoms with Crippen molar-refractivity contribution in [3.63, 3.8) is 0 Å². The summed E-state index contributed by atoms with van der Waals surface area (Å²) in [7, 11) is 0. The number of aromatic amines is 1. The van der Waals surface area contributed by atoms with Gasteiger partial charge in [0, 0.05) is 36.2 Å². The van der Waals surface area contributed by atoms with Crippen LogP contribution in [0.25, 0.3) is 10.9 Å². The lowest BCUT2D eigenvalue weighted by Crippen LogP contribution is -2.49. The van der Waals surface area contributed by atoms with Crippen LogP contribution < -0.4 is 11.1 Å². The summed E-state index contributed by atoms with van der Waals surface area (Å²) in [5, 5.41) is 4.23. The standard InChI is InChI=1S/C20H28N4O2/c1-13(21)20(26)24-9-7-15(8-10-24)14(2)23-19(25)11-16-12-22-18-6-4-3-5-17(16)18/h3-6,12-15,22H,7-11,21H2,1-2H3,(H,23,25). The van der Waals surface area contributed by atoms with Crippen molar-refractivity contribution < 1.29 is 9.59 Å². The summed E-state index contributed by atoms with van der Waals surface area (Å²) in [6.07, 6.45) is 4.07. The largest absolute Gasteiger partial charge is 0.361 e. The predicted molar refractivity (Wildman–Crippen MR) is 103 cm³/mol. The number of rotatable bonds is 5. The first-order chi connectivity index (χ1) is 12.5. The molecule has 2 atom stereocenters. The van der Waals surface area contributed by atoms with Gasteiger partial charge in [-0.3, -0.25) is 9.59 Å². The Morgan fingerprint density at radius 3 is 2.65 bits per heavy atom. The molecule has 26 heavy (non-hydrogen) atoms. The number of nitrogens with two attached hydrogens (primary N) is 1. The Hall–Kier alpha value is -2.34. The number of H-pyrrole nitrogens is 1. The number of aromatic nitrogens is 1. The third-order valence-corrected chi connectivity index (χ3v) is 5.36. The highest BCUT2D eigenvalue weighted by molar-refractivity contribution is 5.89. The number of hydrogen-bond donors (Lipinski definition) is 3. The number of hydrogen-bond acceptors (Lipinski definition) is 3. The number of nitrogens with zero attached hydrogens (tertiary/aromatic N) is 1. The SMILES string of the molecule is CC(N)C(=O)N1CCC(C(C)NC(=O)Cc2c[nH]c3ccccc23)CC1. The number of benzene rings is 1. The molecule has 6 nitrogen and oxygen atoms in total. The molecule has 2 unspecified atom stereocenters. The van der Waals surface area contributed by atoms with Crippen LogP contribution in [-0.2, 0) is 16.0 Å². The normalized spacial score (nSPS) is 17.9. The molecule has 6 heteroatoms. The minimum absolute atomic E-state index is 0.0134. The van der Waals surface area contributed by atoms with Crippen molar-refractivity contribution in [3.8, 4) is 0 Å². The Morgan fingerprint density at radius 2 is 1.96 bits per heavy atom. The first-order valence-corrected chi connectivity index (χ1v) is 9.34. The lowest BCUT2D eigenvalue weighted by atomic mass is 9.90. The summed E-state index contributed by atoms with van der Waals surface area (Å²) in [5.41, 5.74) is 7.75. The number of carbonyl (C=O) groups is 2. The minimum Gasteiger partial charge on any atom is -0.361 e. The van der Waals surface area contributed by atoms with E-state index in [1.807, 2.05) is 35.4 Å². The Morgan fingerprint density at radius 1 is 1.27 bits per heavy atom. The van der Waals surface area contributed by atoms with Crippen LogP contribution in [-0.4, -0.2) is 46.9 Å². The molecule has 0 aliphatic carbocycles. The second kappa shape index (κ2) is 7.91. The molecule has 0 radical (unpaired) electrons. The van der Waals surface area contributed by atoms with Crippen molar-refractivity contribution in [1.82, 2.24) is 15.2 Å². The second-order valence-corrected chi connectivity index (χ2v) is 7.34. The second-order valence-electron chi connectivity index (χ2n) is 7.34. The van der Waals surface area contributed by atoms with E-state index in [2.05, 4.69) is 17.2 Å². The lowest BCUT2D eigenvalue weighted by molar-refractivity contribution is -0.134. The topological polar surface area (TPSA) is 91.2 Å². The van der Waals surface area contributed by atoms with E-state index in [0.717, 1.165) is 29.3 Å². The quantitative estimate of drug-likeness (QED) is 0.763. The van der Waals surface area contributed by atoms with E-state index in [1.165, 1.54) is 0 Å². The maximum absolute atomic E-state index is 12.5. The molecule has 0 bridgehead atoms. The van der Waals surface area contributed by atoms with Gasteiger partial charge in [-0.25, -0.2) is 0 Å². The van der Waals surface area contributed by atoms with E-state index in [4.69, 9.17) is 5.73 Å². The molecule has 0 saturated carbocycles. The molecule has 3 rings (SSSR count). The maximum atomic E-state index is 12.5. The van der Waals surface area contributed by atoms with E-state index < -0.39 is 6.04 Å². The number of nitrogens with one attached hydrogen (secondary N) is 2. The van der Waals surface area contributed by atoms with Gasteiger partial charge in [0.15, 0.2) is 0 Å². The molecule has 1 aliphatic heterocycles. The van der Waals surface area contributed by atoms with Crippen molar-refractivity contribution in [2.24, 2.45) is 11.7 Å². The lowest BCUT2D eigenvalue weighted by Gasteiger charge is -2.35. The first kappa shape index (κ1) is 18.5. The molecule has 1 fully saturated rings. The van der Waals surface area contributed by atoms with Gasteiger partial charge in [0.25, 0.3) is 0 Å². The fourth-order valence-electron chi connectivity index (χ4n) is 3.78. The molecule has 0 spiro atoms. The van der Waals surface area contributed by atoms with E-state index in [0.29, 0.717) is 25.4 Å². The molecule has 2 amide bonds. The molecule has 1 aliphatic rings. The summed E-state index contributed by atoms with van der Waals surface area (Å²) >= 11 is 0. The highest BCUT2D eigenvalue weighted by Gasteiger charge is 2.28. The third kappa shape index (κ3) is 4.07. The van der Waals surface area contributed by atoms with E-state index in [-0.39, 0.29) is 17.9 Å². The zero-order valence-corrected chi connectivity index (χ0v) is 15.5. The average molecular weight is 356 g/mol. The van der Waals surface area contributed by atoms with Gasteiger partial charge in [0.1, 0.15) is 0 Å². The van der Waals surface area contributed by atoms with Crippen molar-refractivity contribution in [2.45, 2.75) is 45.2 Å². The molecular weight excluding hydrogens is 328 g/mol. The van der Waals surface area contributed by atoms with Crippen LogP contribution in [0.3, 0.4) is 0 Å². The van der Waals surface area contributed by atoms with Gasteiger partial charge < -0.3 is 20.9 Å². The Balaban J connectivity index is 1.51. The molecular formula is C20H28N4O2. The number of amides is 2. The Labute approximate surface area is 154 Å². The van der Waals surface area contributed by atoms with Crippen LogP contribution in [0.1, 0.15) is 32.3 Å². The Bertz CT molecular complexity index is 775. The fraction of sp³-hybridized carbons (Fsp3) is 0.500. The zero-order chi connectivity index (χ0) is 18.7. The molecule has 140 valence electrons. The summed E-state index contributed by atoms with van der Waals surface area (Å²) in [5.74, 6) is 0.440. The summed E-state index contributed by atoms with van der Waals surface area (Å²) in [6.45, 7) is 5.21. The minimum atomic E-state index is -0.445. The van der Waals surface area contributed by atoms with Crippen LogP contribution in [0, 0.1) is 5.92 Å². The zero-order valence-electron chi connectivity index (χ0n) is 15.5. The van der Waals surface area contributed by atoms with Crippen molar-refractivity contribution in [1.29, 1.82) is 0 Å². The van der Waals surface area contributed by atoms with Gasteiger partial charge in [0.05, 0.1) is 12.5 Å². The van der Waals surface area contributed by atoms with Crippen LogP contribution in [0.15, 0.2) is 30.5 Å². The number of carbonyl (C=O) groups excluding carboxylic acids is 2. The van der Waals surface area contributed by atoms with Crippen LogP contribution in [0.4, 0.5) is 0 Å². The summed E-state index contributed by atoms with van der Waals surface area (Å²) in [4.78, 5) is 29.5. The molecule has 1 aromatic heterocycles. The monoisotopic (exact) mass is 356 g/mol. The fourth-order valence-corrected chi connectivity index (χ4v) is 3.78. The average Bonchev–Trinajstić information content (AvgIpc) is 3.04. The van der Waals surface area contributed by atoms with E-state index >= 15 is 0 Å². The van der Waals surface area contributed by atoms with Gasteiger partial charge in [0.2, 0.25) is 11.8 Å². The molecule has 1 aromatic carbocycles. The molecule has 2 heterocycles. The number of fused-ring (bicyclic) bond motifs is 1. The molecule has 2 aromatic rings. The summed E-state index contributed by atoms with van der Waals surface area (Å²) < 4.78 is 0. The van der Waals surface area contributed by atoms with Crippen LogP contribution in [0.2, 0.25) is 0 Å². The Kier molecular flexibility index (Phi) is 5.61.